The summed E-state index contributed by atoms with van der Waals surface area (Å²) in [5, 5.41) is 5.73. The van der Waals surface area contributed by atoms with Gasteiger partial charge < -0.3 is 20.1 Å². The first kappa shape index (κ1) is 15.3. The van der Waals surface area contributed by atoms with Crippen LogP contribution >= 0.6 is 0 Å². The minimum absolute atomic E-state index is 0.0504. The van der Waals surface area contributed by atoms with Crippen molar-refractivity contribution in [3.63, 3.8) is 0 Å². The van der Waals surface area contributed by atoms with Crippen LogP contribution in [0.3, 0.4) is 0 Å². The molecule has 0 saturated heterocycles. The Morgan fingerprint density at radius 2 is 2.00 bits per heavy atom. The van der Waals surface area contributed by atoms with Gasteiger partial charge in [0.05, 0.1) is 26.8 Å². The van der Waals surface area contributed by atoms with E-state index in [0.717, 1.165) is 22.6 Å². The van der Waals surface area contributed by atoms with Crippen molar-refractivity contribution in [3.8, 4) is 11.5 Å². The monoisotopic (exact) mass is 266 g/mol. The van der Waals surface area contributed by atoms with Crippen LogP contribution in [0.5, 0.6) is 11.5 Å². The second-order valence-corrected chi connectivity index (χ2v) is 4.33. The number of amides is 1. The summed E-state index contributed by atoms with van der Waals surface area (Å²) in [5.41, 5.74) is 1.86. The second kappa shape index (κ2) is 6.99. The number of rotatable bonds is 6. The molecule has 1 amide bonds. The molecule has 0 aromatic heterocycles. The van der Waals surface area contributed by atoms with Crippen LogP contribution in [0.4, 0.5) is 0 Å². The zero-order valence-corrected chi connectivity index (χ0v) is 12.2. The minimum Gasteiger partial charge on any atom is -0.496 e. The number of carbonyl (C=O) groups excluding carboxylic acids is 1. The van der Waals surface area contributed by atoms with E-state index in [1.54, 1.807) is 21.3 Å². The third-order valence-electron chi connectivity index (χ3n) is 2.99. The summed E-state index contributed by atoms with van der Waals surface area (Å²) in [4.78, 5) is 11.6. The van der Waals surface area contributed by atoms with Crippen LogP contribution in [-0.2, 0) is 4.79 Å². The van der Waals surface area contributed by atoms with Crippen molar-refractivity contribution in [2.45, 2.75) is 19.9 Å². The van der Waals surface area contributed by atoms with Gasteiger partial charge in [0.15, 0.2) is 0 Å². The highest BCUT2D eigenvalue weighted by atomic mass is 16.5. The number of ether oxygens (including phenoxy) is 2. The summed E-state index contributed by atoms with van der Waals surface area (Å²) in [5.74, 6) is 1.47. The van der Waals surface area contributed by atoms with E-state index in [4.69, 9.17) is 9.47 Å². The summed E-state index contributed by atoms with van der Waals surface area (Å²) in [6.45, 7) is 4.16. The lowest BCUT2D eigenvalue weighted by atomic mass is 10.0. The standard InChI is InChI=1S/C14H22N2O3/c1-9-12(18-4)7-6-11(14(9)19-5)10(2)16-13(17)8-15-3/h6-7,10,15H,8H2,1-5H3,(H,16,17). The maximum atomic E-state index is 11.6. The normalized spacial score (nSPS) is 11.8. The first-order valence-electron chi connectivity index (χ1n) is 6.20. The van der Waals surface area contributed by atoms with Gasteiger partial charge in [-0.25, -0.2) is 0 Å². The van der Waals surface area contributed by atoms with E-state index >= 15 is 0 Å². The number of likely N-dealkylation sites (N-methyl/N-ethyl adjacent to an activating group) is 1. The maximum absolute atomic E-state index is 11.6. The predicted molar refractivity (Wildman–Crippen MR) is 74.8 cm³/mol. The van der Waals surface area contributed by atoms with Crippen molar-refractivity contribution in [2.24, 2.45) is 0 Å². The van der Waals surface area contributed by atoms with Crippen LogP contribution in [0.2, 0.25) is 0 Å². The first-order chi connectivity index (χ1) is 9.04. The zero-order chi connectivity index (χ0) is 14.4. The molecule has 0 aliphatic heterocycles. The predicted octanol–water partition coefficient (Wildman–Crippen LogP) is 1.41. The van der Waals surface area contributed by atoms with Crippen molar-refractivity contribution in [1.82, 2.24) is 10.6 Å². The molecule has 1 aromatic carbocycles. The third kappa shape index (κ3) is 3.61. The van der Waals surface area contributed by atoms with E-state index in [2.05, 4.69) is 10.6 Å². The van der Waals surface area contributed by atoms with E-state index in [9.17, 15) is 4.79 Å². The molecule has 5 heteroatoms. The highest BCUT2D eigenvalue weighted by Crippen LogP contribution is 2.34. The van der Waals surface area contributed by atoms with E-state index in [0.29, 0.717) is 6.54 Å². The van der Waals surface area contributed by atoms with Crippen LogP contribution in [0.15, 0.2) is 12.1 Å². The lowest BCUT2D eigenvalue weighted by molar-refractivity contribution is -0.120. The molecular formula is C14H22N2O3. The summed E-state index contributed by atoms with van der Waals surface area (Å²) < 4.78 is 10.7. The summed E-state index contributed by atoms with van der Waals surface area (Å²) in [6, 6.07) is 3.67. The highest BCUT2D eigenvalue weighted by Gasteiger charge is 2.17. The Balaban J connectivity index is 2.99. The highest BCUT2D eigenvalue weighted by molar-refractivity contribution is 5.78. The van der Waals surface area contributed by atoms with Crippen molar-refractivity contribution in [2.75, 3.05) is 27.8 Å². The molecule has 1 aromatic rings. The molecule has 1 atom stereocenters. The van der Waals surface area contributed by atoms with E-state index in [-0.39, 0.29) is 11.9 Å². The average molecular weight is 266 g/mol. The van der Waals surface area contributed by atoms with Gasteiger partial charge in [0.2, 0.25) is 5.91 Å². The van der Waals surface area contributed by atoms with Crippen LogP contribution in [-0.4, -0.2) is 33.7 Å². The molecule has 106 valence electrons. The Kier molecular flexibility index (Phi) is 5.63. The Hall–Kier alpha value is -1.75. The number of carbonyl (C=O) groups is 1. The molecule has 0 bridgehead atoms. The average Bonchev–Trinajstić information content (AvgIpc) is 2.38. The van der Waals surface area contributed by atoms with Gasteiger partial charge >= 0.3 is 0 Å². The van der Waals surface area contributed by atoms with Crippen molar-refractivity contribution in [3.05, 3.63) is 23.3 Å². The number of hydrogen-bond acceptors (Lipinski definition) is 4. The number of hydrogen-bond donors (Lipinski definition) is 2. The summed E-state index contributed by atoms with van der Waals surface area (Å²) in [6.07, 6.45) is 0. The number of benzene rings is 1. The molecule has 2 N–H and O–H groups in total. The fraction of sp³-hybridized carbons (Fsp3) is 0.500. The zero-order valence-electron chi connectivity index (χ0n) is 12.2. The van der Waals surface area contributed by atoms with Crippen LogP contribution < -0.4 is 20.1 Å². The van der Waals surface area contributed by atoms with Gasteiger partial charge in [0.1, 0.15) is 11.5 Å². The van der Waals surface area contributed by atoms with Crippen molar-refractivity contribution >= 4 is 5.91 Å². The Bertz CT molecular complexity index is 447. The molecule has 5 nitrogen and oxygen atoms in total. The molecule has 0 fully saturated rings. The number of methoxy groups -OCH3 is 2. The Labute approximate surface area is 114 Å². The first-order valence-corrected chi connectivity index (χ1v) is 6.20. The molecule has 1 rings (SSSR count). The molecule has 0 spiro atoms. The van der Waals surface area contributed by atoms with Gasteiger partial charge in [-0.2, -0.15) is 0 Å². The topological polar surface area (TPSA) is 59.6 Å². The molecular weight excluding hydrogens is 244 g/mol. The van der Waals surface area contributed by atoms with Crippen LogP contribution in [0, 0.1) is 6.92 Å². The fourth-order valence-corrected chi connectivity index (χ4v) is 2.06. The van der Waals surface area contributed by atoms with E-state index in [1.807, 2.05) is 26.0 Å². The Morgan fingerprint density at radius 1 is 1.32 bits per heavy atom. The van der Waals surface area contributed by atoms with Gasteiger partial charge in [-0.3, -0.25) is 4.79 Å². The Morgan fingerprint density at radius 3 is 2.53 bits per heavy atom. The third-order valence-corrected chi connectivity index (χ3v) is 2.99. The SMILES string of the molecule is CNCC(=O)NC(C)c1ccc(OC)c(C)c1OC. The fourth-order valence-electron chi connectivity index (χ4n) is 2.06. The van der Waals surface area contributed by atoms with Gasteiger partial charge in [-0.15, -0.1) is 0 Å². The van der Waals surface area contributed by atoms with Crippen LogP contribution in [0.25, 0.3) is 0 Å². The summed E-state index contributed by atoms with van der Waals surface area (Å²) >= 11 is 0. The largest absolute Gasteiger partial charge is 0.496 e. The molecule has 0 heterocycles. The second-order valence-electron chi connectivity index (χ2n) is 4.33. The van der Waals surface area contributed by atoms with Crippen molar-refractivity contribution < 1.29 is 14.3 Å². The molecule has 1 unspecified atom stereocenters. The molecule has 19 heavy (non-hydrogen) atoms. The van der Waals surface area contributed by atoms with Gasteiger partial charge in [-0.1, -0.05) is 0 Å². The lowest BCUT2D eigenvalue weighted by Gasteiger charge is -2.20. The smallest absolute Gasteiger partial charge is 0.234 e. The quantitative estimate of drug-likeness (QED) is 0.817. The van der Waals surface area contributed by atoms with Gasteiger partial charge in [-0.05, 0) is 33.0 Å². The molecule has 0 aliphatic carbocycles. The molecule has 0 radical (unpaired) electrons. The van der Waals surface area contributed by atoms with E-state index < -0.39 is 0 Å². The lowest BCUT2D eigenvalue weighted by Crippen LogP contribution is -2.34. The minimum atomic E-state index is -0.125. The van der Waals surface area contributed by atoms with Gasteiger partial charge in [0, 0.05) is 11.1 Å². The van der Waals surface area contributed by atoms with Crippen LogP contribution in [0.1, 0.15) is 24.1 Å². The van der Waals surface area contributed by atoms with Gasteiger partial charge in [0.25, 0.3) is 0 Å². The van der Waals surface area contributed by atoms with E-state index in [1.165, 1.54) is 0 Å². The van der Waals surface area contributed by atoms with Crippen molar-refractivity contribution in [1.29, 1.82) is 0 Å². The molecule has 0 aliphatic rings. The maximum Gasteiger partial charge on any atom is 0.234 e. The summed E-state index contributed by atoms with van der Waals surface area (Å²) in [7, 11) is 4.98. The number of nitrogens with one attached hydrogen (secondary N) is 2. The molecule has 0 saturated carbocycles.